The molecular formula is C12H20N4. The smallest absolute Gasteiger partial charge is 0.222 e. The van der Waals surface area contributed by atoms with E-state index in [-0.39, 0.29) is 0 Å². The van der Waals surface area contributed by atoms with E-state index in [1.165, 1.54) is 32.5 Å². The highest BCUT2D eigenvalue weighted by molar-refractivity contribution is 5.21. The lowest BCUT2D eigenvalue weighted by Gasteiger charge is -2.30. The van der Waals surface area contributed by atoms with Gasteiger partial charge in [-0.3, -0.25) is 0 Å². The molecule has 1 fully saturated rings. The molecule has 0 bridgehead atoms. The zero-order valence-corrected chi connectivity index (χ0v) is 9.89. The maximum Gasteiger partial charge on any atom is 0.222 e. The lowest BCUT2D eigenvalue weighted by Crippen LogP contribution is -2.35. The predicted octanol–water partition coefficient (Wildman–Crippen LogP) is 1.62. The van der Waals surface area contributed by atoms with Crippen LogP contribution < -0.4 is 5.32 Å². The highest BCUT2D eigenvalue weighted by Gasteiger charge is 2.17. The number of anilines is 1. The number of nitrogens with zero attached hydrogens (tertiary/aromatic N) is 3. The summed E-state index contributed by atoms with van der Waals surface area (Å²) in [7, 11) is 0. The molecule has 16 heavy (non-hydrogen) atoms. The van der Waals surface area contributed by atoms with E-state index in [0.29, 0.717) is 0 Å². The van der Waals surface area contributed by atoms with Crippen molar-refractivity contribution < 1.29 is 0 Å². The Morgan fingerprint density at radius 1 is 1.31 bits per heavy atom. The van der Waals surface area contributed by atoms with Crippen molar-refractivity contribution in [3.63, 3.8) is 0 Å². The number of piperidine rings is 1. The van der Waals surface area contributed by atoms with Gasteiger partial charge in [0.05, 0.1) is 0 Å². The minimum absolute atomic E-state index is 0.750. The standard InChI is InChI=1S/C12H20N4/c1-2-16-8-4-11(5-9-16)10-15-12-13-6-3-7-14-12/h3,6-7,11H,2,4-5,8-10H2,1H3,(H,13,14,15). The van der Waals surface area contributed by atoms with Gasteiger partial charge >= 0.3 is 0 Å². The average molecular weight is 220 g/mol. The fourth-order valence-corrected chi connectivity index (χ4v) is 2.13. The molecule has 0 spiro atoms. The van der Waals surface area contributed by atoms with Gasteiger partial charge in [0.25, 0.3) is 0 Å². The van der Waals surface area contributed by atoms with Crippen LogP contribution >= 0.6 is 0 Å². The number of hydrogen-bond donors (Lipinski definition) is 1. The second-order valence-electron chi connectivity index (χ2n) is 4.33. The normalized spacial score (nSPS) is 18.6. The summed E-state index contributed by atoms with van der Waals surface area (Å²) in [6.45, 7) is 6.89. The van der Waals surface area contributed by atoms with Gasteiger partial charge in [0.2, 0.25) is 5.95 Å². The first-order valence-electron chi connectivity index (χ1n) is 6.11. The molecular weight excluding hydrogens is 200 g/mol. The van der Waals surface area contributed by atoms with Crippen LogP contribution in [0.4, 0.5) is 5.95 Å². The van der Waals surface area contributed by atoms with Crippen molar-refractivity contribution in [3.05, 3.63) is 18.5 Å². The summed E-state index contributed by atoms with van der Waals surface area (Å²) in [4.78, 5) is 10.8. The minimum Gasteiger partial charge on any atom is -0.354 e. The molecule has 1 aromatic rings. The van der Waals surface area contributed by atoms with Crippen LogP contribution in [-0.2, 0) is 0 Å². The maximum absolute atomic E-state index is 4.16. The van der Waals surface area contributed by atoms with Crippen LogP contribution in [0.15, 0.2) is 18.5 Å². The number of nitrogens with one attached hydrogen (secondary N) is 1. The fraction of sp³-hybridized carbons (Fsp3) is 0.667. The summed E-state index contributed by atoms with van der Waals surface area (Å²) >= 11 is 0. The Hall–Kier alpha value is -1.16. The van der Waals surface area contributed by atoms with E-state index in [4.69, 9.17) is 0 Å². The molecule has 1 aliphatic rings. The molecule has 4 nitrogen and oxygen atoms in total. The molecule has 0 radical (unpaired) electrons. The van der Waals surface area contributed by atoms with Crippen LogP contribution in [-0.4, -0.2) is 41.0 Å². The third-order valence-corrected chi connectivity index (χ3v) is 3.27. The Kier molecular flexibility index (Phi) is 4.10. The van der Waals surface area contributed by atoms with Crippen molar-refractivity contribution in [2.45, 2.75) is 19.8 Å². The third kappa shape index (κ3) is 3.17. The van der Waals surface area contributed by atoms with E-state index in [2.05, 4.69) is 27.1 Å². The molecule has 88 valence electrons. The summed E-state index contributed by atoms with van der Waals surface area (Å²) in [5.41, 5.74) is 0. The van der Waals surface area contributed by atoms with Crippen LogP contribution in [0.25, 0.3) is 0 Å². The summed E-state index contributed by atoms with van der Waals surface area (Å²) in [6.07, 6.45) is 6.12. The van der Waals surface area contributed by atoms with Gasteiger partial charge in [0.1, 0.15) is 0 Å². The summed E-state index contributed by atoms with van der Waals surface area (Å²) < 4.78 is 0. The lowest BCUT2D eigenvalue weighted by atomic mass is 9.97. The molecule has 1 aromatic heterocycles. The van der Waals surface area contributed by atoms with Crippen LogP contribution in [0, 0.1) is 5.92 Å². The summed E-state index contributed by atoms with van der Waals surface area (Å²) in [6, 6.07) is 1.84. The Morgan fingerprint density at radius 3 is 2.62 bits per heavy atom. The lowest BCUT2D eigenvalue weighted by molar-refractivity contribution is 0.198. The molecule has 1 N–H and O–H groups in total. The first-order valence-corrected chi connectivity index (χ1v) is 6.11. The molecule has 0 saturated carbocycles. The molecule has 0 aliphatic carbocycles. The third-order valence-electron chi connectivity index (χ3n) is 3.27. The van der Waals surface area contributed by atoms with Gasteiger partial charge in [-0.25, -0.2) is 9.97 Å². The largest absolute Gasteiger partial charge is 0.354 e. The van der Waals surface area contributed by atoms with Crippen LogP contribution in [0.1, 0.15) is 19.8 Å². The van der Waals surface area contributed by atoms with Crippen molar-refractivity contribution in [1.29, 1.82) is 0 Å². The molecule has 0 aromatic carbocycles. The second-order valence-corrected chi connectivity index (χ2v) is 4.33. The second kappa shape index (κ2) is 5.80. The van der Waals surface area contributed by atoms with E-state index < -0.39 is 0 Å². The zero-order chi connectivity index (χ0) is 11.2. The quantitative estimate of drug-likeness (QED) is 0.837. The Bertz CT molecular complexity index is 293. The van der Waals surface area contributed by atoms with E-state index >= 15 is 0 Å². The Balaban J connectivity index is 1.72. The highest BCUT2D eigenvalue weighted by atomic mass is 15.1. The van der Waals surface area contributed by atoms with Gasteiger partial charge in [-0.05, 0) is 44.5 Å². The Labute approximate surface area is 97.1 Å². The van der Waals surface area contributed by atoms with Crippen molar-refractivity contribution in [3.8, 4) is 0 Å². The molecule has 0 amide bonds. The van der Waals surface area contributed by atoms with E-state index in [0.717, 1.165) is 18.4 Å². The average Bonchev–Trinajstić information content (AvgIpc) is 2.38. The monoisotopic (exact) mass is 220 g/mol. The van der Waals surface area contributed by atoms with Gasteiger partial charge in [-0.2, -0.15) is 0 Å². The van der Waals surface area contributed by atoms with Crippen molar-refractivity contribution >= 4 is 5.95 Å². The number of hydrogen-bond acceptors (Lipinski definition) is 4. The Morgan fingerprint density at radius 2 is 2.00 bits per heavy atom. The van der Waals surface area contributed by atoms with Crippen molar-refractivity contribution in [2.75, 3.05) is 31.5 Å². The van der Waals surface area contributed by atoms with Crippen LogP contribution in [0.2, 0.25) is 0 Å². The zero-order valence-electron chi connectivity index (χ0n) is 9.89. The van der Waals surface area contributed by atoms with E-state index in [1.54, 1.807) is 12.4 Å². The molecule has 4 heteroatoms. The SMILES string of the molecule is CCN1CCC(CNc2ncccn2)CC1. The predicted molar refractivity (Wildman–Crippen MR) is 65.4 cm³/mol. The van der Waals surface area contributed by atoms with Crippen molar-refractivity contribution in [1.82, 2.24) is 14.9 Å². The van der Waals surface area contributed by atoms with Crippen molar-refractivity contribution in [2.24, 2.45) is 5.92 Å². The van der Waals surface area contributed by atoms with Gasteiger partial charge in [-0.1, -0.05) is 6.92 Å². The van der Waals surface area contributed by atoms with Crippen LogP contribution in [0.5, 0.6) is 0 Å². The number of aromatic nitrogens is 2. The van der Waals surface area contributed by atoms with Gasteiger partial charge in [0, 0.05) is 18.9 Å². The van der Waals surface area contributed by atoms with Gasteiger partial charge < -0.3 is 10.2 Å². The van der Waals surface area contributed by atoms with Gasteiger partial charge in [-0.15, -0.1) is 0 Å². The number of likely N-dealkylation sites (tertiary alicyclic amines) is 1. The molecule has 1 aliphatic heterocycles. The summed E-state index contributed by atoms with van der Waals surface area (Å²) in [5.74, 6) is 1.52. The number of rotatable bonds is 4. The molecule has 0 unspecified atom stereocenters. The first kappa shape index (κ1) is 11.3. The fourth-order valence-electron chi connectivity index (χ4n) is 2.13. The highest BCUT2D eigenvalue weighted by Crippen LogP contribution is 2.16. The molecule has 0 atom stereocenters. The maximum atomic E-state index is 4.16. The van der Waals surface area contributed by atoms with E-state index in [9.17, 15) is 0 Å². The molecule has 1 saturated heterocycles. The first-order chi connectivity index (χ1) is 7.88. The molecule has 2 heterocycles. The van der Waals surface area contributed by atoms with E-state index in [1.807, 2.05) is 6.07 Å². The van der Waals surface area contributed by atoms with Crippen LogP contribution in [0.3, 0.4) is 0 Å². The molecule has 2 rings (SSSR count). The minimum atomic E-state index is 0.750. The topological polar surface area (TPSA) is 41.0 Å². The van der Waals surface area contributed by atoms with Gasteiger partial charge in [0.15, 0.2) is 0 Å². The summed E-state index contributed by atoms with van der Waals surface area (Å²) in [5, 5.41) is 3.31.